The van der Waals surface area contributed by atoms with E-state index in [1.165, 1.54) is 6.39 Å². The van der Waals surface area contributed by atoms with Crippen molar-refractivity contribution in [1.29, 1.82) is 0 Å². The molecule has 1 aromatic rings. The Morgan fingerprint density at radius 3 is 2.92 bits per heavy atom. The minimum atomic E-state index is -0.175. The highest BCUT2D eigenvalue weighted by molar-refractivity contribution is 6.30. The molecule has 1 heterocycles. The number of aromatic nitrogens is 1. The van der Waals surface area contributed by atoms with Gasteiger partial charge in [-0.15, -0.1) is 11.6 Å². The number of carbonyl (C=O) groups excluding carboxylic acids is 1. The molecule has 0 spiro atoms. The molecule has 0 bridgehead atoms. The predicted molar refractivity (Wildman–Crippen MR) is 50.1 cm³/mol. The van der Waals surface area contributed by atoms with Crippen LogP contribution in [0, 0.1) is 5.92 Å². The lowest BCUT2D eigenvalue weighted by Crippen LogP contribution is -2.06. The van der Waals surface area contributed by atoms with Crippen LogP contribution in [-0.4, -0.2) is 16.6 Å². The molecule has 0 amide bonds. The lowest BCUT2D eigenvalue weighted by atomic mass is 10.1. The number of hydrogen-bond donors (Lipinski definition) is 0. The molecule has 0 saturated carbocycles. The highest BCUT2D eigenvalue weighted by atomic mass is 35.5. The van der Waals surface area contributed by atoms with Gasteiger partial charge in [0.15, 0.2) is 12.2 Å². The largest absolute Gasteiger partial charge is 0.448 e. The summed E-state index contributed by atoms with van der Waals surface area (Å²) in [6.45, 7) is 4.11. The van der Waals surface area contributed by atoms with Crippen molar-refractivity contribution < 1.29 is 9.21 Å². The monoisotopic (exact) mass is 201 g/mol. The summed E-state index contributed by atoms with van der Waals surface area (Å²) in [5.41, 5.74) is 0.378. The van der Waals surface area contributed by atoms with Crippen LogP contribution < -0.4 is 0 Å². The van der Waals surface area contributed by atoms with E-state index in [1.807, 2.05) is 0 Å². The Morgan fingerprint density at radius 1 is 1.69 bits per heavy atom. The molecule has 3 nitrogen and oxygen atoms in total. The predicted octanol–water partition coefficient (Wildman–Crippen LogP) is 2.29. The standard InChI is InChI=1S/C9H12ClNO2/c1-6(2)3-8-9(7(12)4-10)11-5-13-8/h5-6H,3-4H2,1-2H3. The maximum Gasteiger partial charge on any atom is 0.199 e. The summed E-state index contributed by atoms with van der Waals surface area (Å²) in [6.07, 6.45) is 2.01. The van der Waals surface area contributed by atoms with Gasteiger partial charge in [-0.1, -0.05) is 13.8 Å². The minimum absolute atomic E-state index is 0.0440. The highest BCUT2D eigenvalue weighted by Gasteiger charge is 2.15. The number of ketones is 1. The second-order valence-electron chi connectivity index (χ2n) is 3.28. The molecular formula is C9H12ClNO2. The highest BCUT2D eigenvalue weighted by Crippen LogP contribution is 2.13. The molecule has 0 radical (unpaired) electrons. The fourth-order valence-corrected chi connectivity index (χ4v) is 1.20. The van der Waals surface area contributed by atoms with Crippen LogP contribution >= 0.6 is 11.6 Å². The number of Topliss-reactive ketones (excluding diaryl/α,β-unsaturated/α-hetero) is 1. The van der Waals surface area contributed by atoms with Crippen molar-refractivity contribution in [2.45, 2.75) is 20.3 Å². The van der Waals surface area contributed by atoms with Crippen molar-refractivity contribution in [2.24, 2.45) is 5.92 Å². The number of nitrogens with zero attached hydrogens (tertiary/aromatic N) is 1. The van der Waals surface area contributed by atoms with Gasteiger partial charge < -0.3 is 4.42 Å². The Bertz CT molecular complexity index is 294. The molecule has 0 aromatic carbocycles. The zero-order valence-electron chi connectivity index (χ0n) is 7.71. The third kappa shape index (κ3) is 2.56. The zero-order valence-corrected chi connectivity index (χ0v) is 8.47. The molecule has 0 atom stereocenters. The summed E-state index contributed by atoms with van der Waals surface area (Å²) in [5, 5.41) is 0. The van der Waals surface area contributed by atoms with E-state index in [0.29, 0.717) is 17.4 Å². The van der Waals surface area contributed by atoms with Crippen molar-refractivity contribution >= 4 is 17.4 Å². The van der Waals surface area contributed by atoms with Gasteiger partial charge in [-0.2, -0.15) is 0 Å². The molecule has 0 saturated heterocycles. The summed E-state index contributed by atoms with van der Waals surface area (Å²) in [6, 6.07) is 0. The molecule has 0 fully saturated rings. The Balaban J connectivity index is 2.83. The maximum atomic E-state index is 11.2. The van der Waals surface area contributed by atoms with Gasteiger partial charge in [0, 0.05) is 6.42 Å². The number of rotatable bonds is 4. The Labute approximate surface area is 82.1 Å². The van der Waals surface area contributed by atoms with Gasteiger partial charge in [-0.25, -0.2) is 4.98 Å². The number of oxazole rings is 1. The minimum Gasteiger partial charge on any atom is -0.448 e. The SMILES string of the molecule is CC(C)Cc1ocnc1C(=O)CCl. The van der Waals surface area contributed by atoms with Crippen molar-refractivity contribution in [3.63, 3.8) is 0 Å². The summed E-state index contributed by atoms with van der Waals surface area (Å²) in [4.78, 5) is 15.1. The van der Waals surface area contributed by atoms with E-state index in [4.69, 9.17) is 16.0 Å². The molecule has 72 valence electrons. The summed E-state index contributed by atoms with van der Waals surface area (Å²) < 4.78 is 5.11. The third-order valence-electron chi connectivity index (χ3n) is 1.62. The fraction of sp³-hybridized carbons (Fsp3) is 0.556. The molecule has 0 aliphatic carbocycles. The molecule has 1 aromatic heterocycles. The number of hydrogen-bond acceptors (Lipinski definition) is 3. The van der Waals surface area contributed by atoms with E-state index < -0.39 is 0 Å². The van der Waals surface area contributed by atoms with Crippen LogP contribution in [0.5, 0.6) is 0 Å². The molecule has 0 unspecified atom stereocenters. The average molecular weight is 202 g/mol. The quantitative estimate of drug-likeness (QED) is 0.555. The van der Waals surface area contributed by atoms with Gasteiger partial charge in [-0.05, 0) is 5.92 Å². The van der Waals surface area contributed by atoms with E-state index in [9.17, 15) is 4.79 Å². The van der Waals surface area contributed by atoms with Crippen LogP contribution in [0.2, 0.25) is 0 Å². The first-order valence-electron chi connectivity index (χ1n) is 4.16. The number of carbonyl (C=O) groups is 1. The molecule has 1 rings (SSSR count). The Hall–Kier alpha value is -0.830. The van der Waals surface area contributed by atoms with Gasteiger partial charge in [0.2, 0.25) is 0 Å². The summed E-state index contributed by atoms with van der Waals surface area (Å²) in [7, 11) is 0. The average Bonchev–Trinajstić information content (AvgIpc) is 2.50. The first kappa shape index (κ1) is 10.3. The van der Waals surface area contributed by atoms with Crippen molar-refractivity contribution in [1.82, 2.24) is 4.98 Å². The van der Waals surface area contributed by atoms with Gasteiger partial charge in [0.25, 0.3) is 0 Å². The molecule has 0 aliphatic rings. The van der Waals surface area contributed by atoms with Crippen LogP contribution in [-0.2, 0) is 6.42 Å². The van der Waals surface area contributed by atoms with E-state index in [1.54, 1.807) is 0 Å². The van der Waals surface area contributed by atoms with E-state index in [2.05, 4.69) is 18.8 Å². The number of alkyl halides is 1. The van der Waals surface area contributed by atoms with E-state index >= 15 is 0 Å². The number of halogens is 1. The van der Waals surface area contributed by atoms with Gasteiger partial charge >= 0.3 is 0 Å². The zero-order chi connectivity index (χ0) is 9.84. The van der Waals surface area contributed by atoms with Crippen LogP contribution in [0.1, 0.15) is 30.1 Å². The first-order chi connectivity index (χ1) is 6.15. The molecule has 0 aliphatic heterocycles. The van der Waals surface area contributed by atoms with Crippen LogP contribution in [0.3, 0.4) is 0 Å². The Kier molecular flexibility index (Phi) is 3.48. The molecule has 0 N–H and O–H groups in total. The van der Waals surface area contributed by atoms with E-state index in [0.717, 1.165) is 6.42 Å². The summed E-state index contributed by atoms with van der Waals surface area (Å²) >= 11 is 5.42. The van der Waals surface area contributed by atoms with Gasteiger partial charge in [0.05, 0.1) is 5.88 Å². The normalized spacial score (nSPS) is 10.8. The van der Waals surface area contributed by atoms with Crippen LogP contribution in [0.4, 0.5) is 0 Å². The van der Waals surface area contributed by atoms with E-state index in [-0.39, 0.29) is 11.7 Å². The second kappa shape index (κ2) is 4.42. The lowest BCUT2D eigenvalue weighted by Gasteiger charge is -2.01. The summed E-state index contributed by atoms with van der Waals surface area (Å²) in [5.74, 6) is 0.860. The van der Waals surface area contributed by atoms with Crippen molar-refractivity contribution in [3.05, 3.63) is 17.8 Å². The van der Waals surface area contributed by atoms with Crippen LogP contribution in [0.25, 0.3) is 0 Å². The van der Waals surface area contributed by atoms with Crippen LogP contribution in [0.15, 0.2) is 10.8 Å². The van der Waals surface area contributed by atoms with Crippen molar-refractivity contribution in [2.75, 3.05) is 5.88 Å². The topological polar surface area (TPSA) is 43.1 Å². The fourth-order valence-electron chi connectivity index (χ4n) is 1.08. The van der Waals surface area contributed by atoms with Gasteiger partial charge in [0.1, 0.15) is 11.5 Å². The molecular weight excluding hydrogens is 190 g/mol. The Morgan fingerprint density at radius 2 is 2.38 bits per heavy atom. The van der Waals surface area contributed by atoms with Gasteiger partial charge in [-0.3, -0.25) is 4.79 Å². The maximum absolute atomic E-state index is 11.2. The molecule has 4 heteroatoms. The lowest BCUT2D eigenvalue weighted by molar-refractivity contribution is 0.101. The van der Waals surface area contributed by atoms with Crippen molar-refractivity contribution in [3.8, 4) is 0 Å². The second-order valence-corrected chi connectivity index (χ2v) is 3.55. The third-order valence-corrected chi connectivity index (χ3v) is 1.86. The smallest absolute Gasteiger partial charge is 0.199 e. The molecule has 13 heavy (non-hydrogen) atoms. The first-order valence-corrected chi connectivity index (χ1v) is 4.70.